The molecule has 1 amide bonds. The fourth-order valence-electron chi connectivity index (χ4n) is 5.66. The number of aromatic hydroxyl groups is 1. The minimum Gasteiger partial charge on any atom is -0.506 e. The lowest BCUT2D eigenvalue weighted by Gasteiger charge is -2.32. The van der Waals surface area contributed by atoms with E-state index in [1.807, 2.05) is 12.1 Å². The predicted molar refractivity (Wildman–Crippen MR) is 157 cm³/mol. The molecule has 0 unspecified atom stereocenters. The van der Waals surface area contributed by atoms with Crippen LogP contribution in [-0.2, 0) is 30.5 Å². The third-order valence-electron chi connectivity index (χ3n) is 7.84. The topological polar surface area (TPSA) is 103 Å². The smallest absolute Gasteiger partial charge is 0.305 e. The number of amides is 1. The number of carbonyl (C=O) groups excluding carboxylic acids is 1. The third-order valence-corrected chi connectivity index (χ3v) is 8.79. The average Bonchev–Trinajstić information content (AvgIpc) is 3.54. The quantitative estimate of drug-likeness (QED) is 0.230. The van der Waals surface area contributed by atoms with Gasteiger partial charge in [0.2, 0.25) is 5.91 Å². The number of fused-ring (bicyclic) bond motifs is 2. The van der Waals surface area contributed by atoms with Crippen LogP contribution in [0.2, 0.25) is 0 Å². The number of nitrogens with zero attached hydrogens (tertiary/aromatic N) is 2. The molecule has 7 nitrogen and oxygen atoms in total. The van der Waals surface area contributed by atoms with Crippen molar-refractivity contribution in [3.8, 4) is 5.75 Å². The maximum atomic E-state index is 13.7. The van der Waals surface area contributed by atoms with Gasteiger partial charge in [0.1, 0.15) is 17.1 Å². The van der Waals surface area contributed by atoms with Gasteiger partial charge in [-0.2, -0.15) is 0 Å². The van der Waals surface area contributed by atoms with Crippen LogP contribution >= 0.6 is 11.3 Å². The Labute approximate surface area is 237 Å². The summed E-state index contributed by atoms with van der Waals surface area (Å²) in [5, 5.41) is 10.2. The van der Waals surface area contributed by atoms with Crippen molar-refractivity contribution < 1.29 is 14.3 Å². The molecule has 0 saturated heterocycles. The van der Waals surface area contributed by atoms with Crippen molar-refractivity contribution in [3.63, 3.8) is 0 Å². The van der Waals surface area contributed by atoms with Gasteiger partial charge in [-0.15, -0.1) is 0 Å². The molecule has 9 heteroatoms. The van der Waals surface area contributed by atoms with Crippen LogP contribution in [0, 0.1) is 5.82 Å². The molecule has 1 aromatic heterocycles. The number of benzene rings is 3. The molecule has 0 saturated carbocycles. The number of aromatic nitrogens is 1. The molecule has 4 N–H and O–H groups in total. The number of thiazole rings is 1. The molecule has 1 aliphatic rings. The van der Waals surface area contributed by atoms with Gasteiger partial charge in [0, 0.05) is 45.2 Å². The minimum absolute atomic E-state index is 0.0867. The first-order valence-electron chi connectivity index (χ1n) is 13.8. The number of hydrogen-bond donors (Lipinski definition) is 3. The maximum absolute atomic E-state index is 13.7. The van der Waals surface area contributed by atoms with Crippen LogP contribution in [0.5, 0.6) is 5.75 Å². The zero-order chi connectivity index (χ0) is 28.1. The molecule has 0 aliphatic heterocycles. The average molecular weight is 563 g/mol. The van der Waals surface area contributed by atoms with Gasteiger partial charge in [-0.1, -0.05) is 53.8 Å². The van der Waals surface area contributed by atoms with E-state index in [0.717, 1.165) is 66.1 Å². The van der Waals surface area contributed by atoms with Crippen molar-refractivity contribution in [1.82, 2.24) is 14.8 Å². The van der Waals surface area contributed by atoms with Gasteiger partial charge < -0.3 is 20.7 Å². The number of carbonyl (C=O) groups is 1. The first-order chi connectivity index (χ1) is 19.4. The number of phenolic OH excluding ortho intramolecular Hbond substituents is 1. The Hall–Kier alpha value is -3.53. The fourth-order valence-corrected chi connectivity index (χ4v) is 6.56. The van der Waals surface area contributed by atoms with E-state index in [0.29, 0.717) is 31.1 Å². The molecule has 40 heavy (non-hydrogen) atoms. The van der Waals surface area contributed by atoms with E-state index in [9.17, 15) is 19.1 Å². The summed E-state index contributed by atoms with van der Waals surface area (Å²) in [4.78, 5) is 30.9. The zero-order valence-electron chi connectivity index (χ0n) is 22.4. The van der Waals surface area contributed by atoms with Crippen molar-refractivity contribution in [2.45, 2.75) is 38.1 Å². The zero-order valence-corrected chi connectivity index (χ0v) is 23.3. The number of halogens is 1. The monoisotopic (exact) mass is 562 g/mol. The molecule has 3 aromatic carbocycles. The number of nitrogens with one attached hydrogen (secondary N) is 1. The number of hydrogen-bond acceptors (Lipinski definition) is 6. The Balaban J connectivity index is 1.31. The lowest BCUT2D eigenvalue weighted by Crippen LogP contribution is -2.43. The molecule has 0 bridgehead atoms. The number of aromatic amines is 1. The molecule has 0 fully saturated rings. The summed E-state index contributed by atoms with van der Waals surface area (Å²) in [5.74, 6) is -0.492. The SMILES string of the molecule is NC(=O)CCN(CCc1cccc(F)c1)CCN(CCc1ccc(O)c2[nH]c(=O)sc12)C1Cc2ccccc2C1. The van der Waals surface area contributed by atoms with E-state index in [4.69, 9.17) is 5.73 Å². The summed E-state index contributed by atoms with van der Waals surface area (Å²) in [6, 6.07) is 19.1. The summed E-state index contributed by atoms with van der Waals surface area (Å²) < 4.78 is 14.5. The van der Waals surface area contributed by atoms with Crippen LogP contribution in [0.3, 0.4) is 0 Å². The highest BCUT2D eigenvalue weighted by Gasteiger charge is 2.27. The molecule has 1 heterocycles. The first-order valence-corrected chi connectivity index (χ1v) is 14.6. The van der Waals surface area contributed by atoms with Crippen molar-refractivity contribution in [2.75, 3.05) is 32.7 Å². The van der Waals surface area contributed by atoms with Crippen molar-refractivity contribution in [3.05, 3.63) is 98.4 Å². The van der Waals surface area contributed by atoms with Gasteiger partial charge >= 0.3 is 4.87 Å². The highest BCUT2D eigenvalue weighted by atomic mass is 32.1. The molecule has 0 atom stereocenters. The molecule has 5 rings (SSSR count). The lowest BCUT2D eigenvalue weighted by molar-refractivity contribution is -0.118. The van der Waals surface area contributed by atoms with Crippen LogP contribution in [0.15, 0.2) is 65.5 Å². The number of phenols is 1. The maximum Gasteiger partial charge on any atom is 0.305 e. The van der Waals surface area contributed by atoms with E-state index in [2.05, 4.69) is 39.0 Å². The molecular formula is C31H35FN4O3S. The molecular weight excluding hydrogens is 527 g/mol. The fraction of sp³-hybridized carbons (Fsp3) is 0.355. The van der Waals surface area contributed by atoms with Crippen LogP contribution in [0.25, 0.3) is 10.2 Å². The van der Waals surface area contributed by atoms with Gasteiger partial charge in [0.15, 0.2) is 0 Å². The summed E-state index contributed by atoms with van der Waals surface area (Å²) in [6.07, 6.45) is 3.65. The summed E-state index contributed by atoms with van der Waals surface area (Å²) in [6.45, 7) is 3.59. The Kier molecular flexibility index (Phi) is 8.94. The second kappa shape index (κ2) is 12.8. The van der Waals surface area contributed by atoms with Gasteiger partial charge in [-0.05, 0) is 66.1 Å². The Bertz CT molecular complexity index is 1510. The van der Waals surface area contributed by atoms with E-state index in [1.165, 1.54) is 17.2 Å². The first kappa shape index (κ1) is 28.0. The van der Waals surface area contributed by atoms with E-state index < -0.39 is 0 Å². The highest BCUT2D eigenvalue weighted by molar-refractivity contribution is 7.16. The largest absolute Gasteiger partial charge is 0.506 e. The normalized spacial score (nSPS) is 13.5. The van der Waals surface area contributed by atoms with Gasteiger partial charge in [-0.25, -0.2) is 4.39 Å². The molecule has 0 radical (unpaired) electrons. The second-order valence-electron chi connectivity index (χ2n) is 10.5. The number of H-pyrrole nitrogens is 1. The van der Waals surface area contributed by atoms with Crippen LogP contribution in [0.1, 0.15) is 28.7 Å². The van der Waals surface area contributed by atoms with E-state index in [1.54, 1.807) is 18.2 Å². The second-order valence-corrected chi connectivity index (χ2v) is 11.5. The van der Waals surface area contributed by atoms with Gasteiger partial charge in [0.25, 0.3) is 0 Å². The number of nitrogens with two attached hydrogens (primary N) is 1. The Morgan fingerprint density at radius 2 is 1.75 bits per heavy atom. The lowest BCUT2D eigenvalue weighted by atomic mass is 10.1. The predicted octanol–water partition coefficient (Wildman–Crippen LogP) is 3.87. The standard InChI is InChI=1S/C31H35FN4O3S/c32-25-7-3-4-21(18-25)10-13-35(14-12-28(33)38)16-17-36(26-19-23-5-1-2-6-24(23)20-26)15-11-22-8-9-27(37)29-30(22)40-31(39)34-29/h1-9,18,26,37H,10-17,19-20H2,(H2,33,38)(H,34,39). The van der Waals surface area contributed by atoms with Crippen LogP contribution in [-0.4, -0.2) is 64.6 Å². The Morgan fingerprint density at radius 3 is 2.48 bits per heavy atom. The molecule has 4 aromatic rings. The summed E-state index contributed by atoms with van der Waals surface area (Å²) >= 11 is 1.13. The number of primary amides is 1. The molecule has 1 aliphatic carbocycles. The van der Waals surface area contributed by atoms with Crippen molar-refractivity contribution in [1.29, 1.82) is 0 Å². The van der Waals surface area contributed by atoms with Crippen molar-refractivity contribution >= 4 is 27.5 Å². The highest BCUT2D eigenvalue weighted by Crippen LogP contribution is 2.29. The molecule has 210 valence electrons. The van der Waals surface area contributed by atoms with E-state index >= 15 is 0 Å². The Morgan fingerprint density at radius 1 is 0.975 bits per heavy atom. The van der Waals surface area contributed by atoms with Gasteiger partial charge in [0.05, 0.1) is 4.70 Å². The minimum atomic E-state index is -0.333. The van der Waals surface area contributed by atoms with Crippen LogP contribution < -0.4 is 10.6 Å². The van der Waals surface area contributed by atoms with Crippen molar-refractivity contribution in [2.24, 2.45) is 5.73 Å². The third kappa shape index (κ3) is 6.96. The molecule has 0 spiro atoms. The summed E-state index contributed by atoms with van der Waals surface area (Å²) in [7, 11) is 0. The van der Waals surface area contributed by atoms with E-state index in [-0.39, 0.29) is 28.8 Å². The van der Waals surface area contributed by atoms with Crippen LogP contribution in [0.4, 0.5) is 4.39 Å². The number of rotatable bonds is 13. The summed E-state index contributed by atoms with van der Waals surface area (Å²) in [5.41, 5.74) is 10.7. The van der Waals surface area contributed by atoms with Gasteiger partial charge in [-0.3, -0.25) is 14.5 Å².